The molecule has 0 aromatic heterocycles. The van der Waals surface area contributed by atoms with Crippen LogP contribution in [0.5, 0.6) is 0 Å². The number of para-hydroxylation sites is 1. The molecule has 0 radical (unpaired) electrons. The van der Waals surface area contributed by atoms with Crippen molar-refractivity contribution in [3.05, 3.63) is 39.9 Å². The molecule has 0 aliphatic heterocycles. The lowest BCUT2D eigenvalue weighted by Gasteiger charge is -2.06. The zero-order valence-corrected chi connectivity index (χ0v) is 7.15. The molecule has 0 spiro atoms. The normalized spacial score (nSPS) is 9.50. The van der Waals surface area contributed by atoms with Gasteiger partial charge in [0, 0.05) is 4.53 Å². The predicted molar refractivity (Wildman–Crippen MR) is 46.5 cm³/mol. The highest BCUT2D eigenvalue weighted by Gasteiger charge is 2.15. The Labute approximate surface area is 74.6 Å². The van der Waals surface area contributed by atoms with E-state index in [9.17, 15) is 10.1 Å². The highest BCUT2D eigenvalue weighted by Crippen LogP contribution is 2.20. The Hall–Kier alpha value is -1.29. The lowest BCUT2D eigenvalue weighted by molar-refractivity contribution is -0.475. The molecule has 0 saturated heterocycles. The number of halogens is 1. The van der Waals surface area contributed by atoms with Gasteiger partial charge in [-0.3, -0.25) is 0 Å². The van der Waals surface area contributed by atoms with E-state index < -0.39 is 5.03 Å². The van der Waals surface area contributed by atoms with Crippen molar-refractivity contribution in [3.8, 4) is 0 Å². The number of hydrogen-bond donors (Lipinski definition) is 0. The summed E-state index contributed by atoms with van der Waals surface area (Å²) >= 11 is 5.38. The van der Waals surface area contributed by atoms with Crippen molar-refractivity contribution in [3.63, 3.8) is 0 Å². The molecule has 1 aromatic carbocycles. The number of nitrogens with zero attached hydrogens (tertiary/aromatic N) is 2. The van der Waals surface area contributed by atoms with Crippen LogP contribution in [0.1, 0.15) is 5.56 Å². The summed E-state index contributed by atoms with van der Waals surface area (Å²) in [7, 11) is 0. The topological polar surface area (TPSA) is 46.4 Å². The van der Waals surface area contributed by atoms with Crippen molar-refractivity contribution < 1.29 is 5.03 Å². The van der Waals surface area contributed by atoms with Gasteiger partial charge < -0.3 is 0 Å². The van der Waals surface area contributed by atoms with Crippen molar-refractivity contribution in [2.75, 3.05) is 4.53 Å². The maximum absolute atomic E-state index is 10.3. The fourth-order valence-electron chi connectivity index (χ4n) is 0.858. The molecule has 0 aliphatic rings. The first-order valence-corrected chi connectivity index (χ1v) is 3.62. The standard InChI is InChI=1S/C7H7ClN2O2/c1-6-4-2-3-5-7(6)9(8)10(11)12/h2-5H,1H3. The number of aryl methyl sites for hydroxylation is 1. The van der Waals surface area contributed by atoms with Gasteiger partial charge in [-0.1, -0.05) is 18.2 Å². The molecule has 0 saturated carbocycles. The Morgan fingerprint density at radius 3 is 2.58 bits per heavy atom. The summed E-state index contributed by atoms with van der Waals surface area (Å²) in [6.07, 6.45) is 0. The van der Waals surface area contributed by atoms with Gasteiger partial charge in [0.05, 0.1) is 11.8 Å². The highest BCUT2D eigenvalue weighted by molar-refractivity contribution is 6.24. The minimum atomic E-state index is -0.677. The first kappa shape index (κ1) is 8.80. The van der Waals surface area contributed by atoms with E-state index in [1.54, 1.807) is 31.2 Å². The Kier molecular flexibility index (Phi) is 2.50. The summed E-state index contributed by atoms with van der Waals surface area (Å²) in [5, 5.41) is 9.57. The molecule has 0 unspecified atom stereocenters. The maximum Gasteiger partial charge on any atom is 0.181 e. The molecular formula is C7H7ClN2O2. The van der Waals surface area contributed by atoms with Gasteiger partial charge in [0.25, 0.3) is 0 Å². The van der Waals surface area contributed by atoms with Crippen LogP contribution >= 0.6 is 11.8 Å². The van der Waals surface area contributed by atoms with Crippen LogP contribution in [-0.2, 0) is 0 Å². The number of hydrogen-bond acceptors (Lipinski definition) is 2. The Bertz CT molecular complexity index is 303. The molecule has 0 fully saturated rings. The SMILES string of the molecule is Cc1ccccc1N(Cl)[N+](=O)[O-]. The number of hydrazine groups is 1. The van der Waals surface area contributed by atoms with Gasteiger partial charge in [0.1, 0.15) is 5.69 Å². The number of anilines is 1. The van der Waals surface area contributed by atoms with Crippen LogP contribution in [0.3, 0.4) is 0 Å². The molecule has 5 heteroatoms. The third kappa shape index (κ3) is 1.65. The van der Waals surface area contributed by atoms with Gasteiger partial charge in [-0.25, -0.2) is 10.1 Å². The monoisotopic (exact) mass is 186 g/mol. The van der Waals surface area contributed by atoms with Gasteiger partial charge in [-0.2, -0.15) is 0 Å². The summed E-state index contributed by atoms with van der Waals surface area (Å²) < 4.78 is 0.481. The lowest BCUT2D eigenvalue weighted by Crippen LogP contribution is -2.18. The summed E-state index contributed by atoms with van der Waals surface area (Å²) in [6.45, 7) is 1.76. The van der Waals surface area contributed by atoms with E-state index in [2.05, 4.69) is 0 Å². The van der Waals surface area contributed by atoms with Crippen LogP contribution in [0, 0.1) is 17.0 Å². The van der Waals surface area contributed by atoms with E-state index in [1.165, 1.54) is 0 Å². The van der Waals surface area contributed by atoms with E-state index in [0.29, 0.717) is 10.2 Å². The maximum atomic E-state index is 10.3. The van der Waals surface area contributed by atoms with E-state index in [0.717, 1.165) is 5.56 Å². The van der Waals surface area contributed by atoms with Crippen molar-refractivity contribution >= 4 is 17.5 Å². The van der Waals surface area contributed by atoms with Crippen LogP contribution in [-0.4, -0.2) is 5.03 Å². The Balaban J connectivity index is 3.02. The average molecular weight is 187 g/mol. The largest absolute Gasteiger partial charge is 0.233 e. The fraction of sp³-hybridized carbons (Fsp3) is 0.143. The van der Waals surface area contributed by atoms with Crippen LogP contribution < -0.4 is 4.53 Å². The first-order chi connectivity index (χ1) is 5.63. The van der Waals surface area contributed by atoms with Crippen molar-refractivity contribution in [2.45, 2.75) is 6.92 Å². The minimum absolute atomic E-state index is 0.393. The fourth-order valence-corrected chi connectivity index (χ4v) is 1.05. The third-order valence-electron chi connectivity index (χ3n) is 1.46. The molecule has 0 atom stereocenters. The summed E-state index contributed by atoms with van der Waals surface area (Å²) in [4.78, 5) is 10.3. The van der Waals surface area contributed by atoms with E-state index in [4.69, 9.17) is 11.8 Å². The van der Waals surface area contributed by atoms with Crippen LogP contribution in [0.15, 0.2) is 24.3 Å². The van der Waals surface area contributed by atoms with Gasteiger partial charge in [0.15, 0.2) is 5.03 Å². The van der Waals surface area contributed by atoms with Crippen LogP contribution in [0.4, 0.5) is 5.69 Å². The first-order valence-electron chi connectivity index (χ1n) is 3.29. The van der Waals surface area contributed by atoms with E-state index >= 15 is 0 Å². The second-order valence-electron chi connectivity index (χ2n) is 2.28. The number of rotatable bonds is 2. The molecule has 1 aromatic rings. The van der Waals surface area contributed by atoms with Crippen molar-refractivity contribution in [1.82, 2.24) is 0 Å². The molecule has 64 valence electrons. The number of benzene rings is 1. The zero-order chi connectivity index (χ0) is 9.14. The summed E-state index contributed by atoms with van der Waals surface area (Å²) in [5.41, 5.74) is 1.16. The van der Waals surface area contributed by atoms with Crippen molar-refractivity contribution in [1.29, 1.82) is 0 Å². The minimum Gasteiger partial charge on any atom is -0.233 e. The molecule has 0 bridgehead atoms. The molecule has 0 amide bonds. The molecule has 0 aliphatic carbocycles. The second-order valence-corrected chi connectivity index (χ2v) is 2.60. The molecular weight excluding hydrogens is 180 g/mol. The van der Waals surface area contributed by atoms with Gasteiger partial charge in [-0.15, -0.1) is 0 Å². The molecule has 0 N–H and O–H groups in total. The predicted octanol–water partition coefficient (Wildman–Crippen LogP) is 2.15. The molecule has 4 nitrogen and oxygen atoms in total. The van der Waals surface area contributed by atoms with Crippen molar-refractivity contribution in [2.24, 2.45) is 0 Å². The Morgan fingerprint density at radius 1 is 1.50 bits per heavy atom. The molecule has 1 rings (SSSR count). The Morgan fingerprint density at radius 2 is 2.08 bits per heavy atom. The smallest absolute Gasteiger partial charge is 0.181 e. The highest BCUT2D eigenvalue weighted by atomic mass is 35.5. The van der Waals surface area contributed by atoms with Gasteiger partial charge in [-0.05, 0) is 18.6 Å². The van der Waals surface area contributed by atoms with Crippen LogP contribution in [0.2, 0.25) is 0 Å². The number of nitro groups is 1. The third-order valence-corrected chi connectivity index (χ3v) is 1.76. The summed E-state index contributed by atoms with van der Waals surface area (Å²) in [5.74, 6) is 0. The zero-order valence-electron chi connectivity index (χ0n) is 6.40. The lowest BCUT2D eigenvalue weighted by atomic mass is 10.2. The molecule has 0 heterocycles. The second kappa shape index (κ2) is 3.40. The van der Waals surface area contributed by atoms with Crippen LogP contribution in [0.25, 0.3) is 0 Å². The average Bonchev–Trinajstić information content (AvgIpc) is 2.04. The molecule has 12 heavy (non-hydrogen) atoms. The van der Waals surface area contributed by atoms with Gasteiger partial charge in [0.2, 0.25) is 0 Å². The summed E-state index contributed by atoms with van der Waals surface area (Å²) in [6, 6.07) is 6.84. The van der Waals surface area contributed by atoms with E-state index in [-0.39, 0.29) is 0 Å². The quantitative estimate of drug-likeness (QED) is 0.404. The van der Waals surface area contributed by atoms with Gasteiger partial charge >= 0.3 is 0 Å². The van der Waals surface area contributed by atoms with E-state index in [1.807, 2.05) is 0 Å².